The number of urea groups is 1. The molecule has 0 spiro atoms. The Hall–Kier alpha value is -4.09. The lowest BCUT2D eigenvalue weighted by Gasteiger charge is -2.37. The number of aromatic nitrogens is 2. The molecule has 0 saturated carbocycles. The second kappa shape index (κ2) is 12.2. The molecule has 1 unspecified atom stereocenters. The minimum absolute atomic E-state index is 0.00115. The first-order valence-corrected chi connectivity index (χ1v) is 13.7. The summed E-state index contributed by atoms with van der Waals surface area (Å²) in [5.74, 6) is -0.332. The van der Waals surface area contributed by atoms with Crippen molar-refractivity contribution in [2.24, 2.45) is 0 Å². The Balaban J connectivity index is 1.47. The number of hydrogen-bond acceptors (Lipinski definition) is 5. The summed E-state index contributed by atoms with van der Waals surface area (Å²) in [5.41, 5.74) is 2.02. The molecule has 2 aliphatic heterocycles. The quantitative estimate of drug-likeness (QED) is 0.252. The smallest absolute Gasteiger partial charge is 0.411 e. The number of H-pyrrole nitrogens is 1. The summed E-state index contributed by atoms with van der Waals surface area (Å²) in [4.78, 5) is 47.3. The molecule has 5 rings (SSSR count). The van der Waals surface area contributed by atoms with E-state index in [2.05, 4.69) is 25.7 Å². The van der Waals surface area contributed by atoms with Gasteiger partial charge in [0.2, 0.25) is 5.91 Å². The molecule has 2 aromatic carbocycles. The van der Waals surface area contributed by atoms with Gasteiger partial charge in [0.15, 0.2) is 0 Å². The molecule has 41 heavy (non-hydrogen) atoms. The van der Waals surface area contributed by atoms with Crippen LogP contribution in [0.4, 0.5) is 25.4 Å². The lowest BCUT2D eigenvalue weighted by atomic mass is 10.00. The number of nitrogens with zero attached hydrogens (tertiary/aromatic N) is 2. The molecule has 214 valence electrons. The van der Waals surface area contributed by atoms with Crippen LogP contribution in [0.25, 0.3) is 11.3 Å². The first kappa shape index (κ1) is 28.4. The zero-order valence-electron chi connectivity index (χ0n) is 22.0. The Bertz CT molecular complexity index is 1530. The lowest BCUT2D eigenvalue weighted by Crippen LogP contribution is -2.49. The van der Waals surface area contributed by atoms with E-state index in [0.717, 1.165) is 0 Å². The minimum atomic E-state index is -0.658. The summed E-state index contributed by atoms with van der Waals surface area (Å²) < 4.78 is 19.3. The molecule has 2 bridgehead atoms. The highest BCUT2D eigenvalue weighted by atomic mass is 35.5. The van der Waals surface area contributed by atoms with E-state index in [1.807, 2.05) is 12.2 Å². The van der Waals surface area contributed by atoms with Gasteiger partial charge < -0.3 is 25.3 Å². The molecule has 2 aliphatic rings. The fourth-order valence-electron chi connectivity index (χ4n) is 4.96. The van der Waals surface area contributed by atoms with E-state index in [0.29, 0.717) is 59.8 Å². The summed E-state index contributed by atoms with van der Waals surface area (Å²) in [6.07, 6.45) is 4.65. The molecule has 0 radical (unpaired) electrons. The number of ether oxygens (including phenoxy) is 1. The van der Waals surface area contributed by atoms with Crippen LogP contribution in [0.5, 0.6) is 0 Å². The zero-order valence-corrected chi connectivity index (χ0v) is 23.5. The molecule has 13 heteroatoms. The van der Waals surface area contributed by atoms with Gasteiger partial charge in [0, 0.05) is 29.8 Å². The van der Waals surface area contributed by atoms with Crippen LogP contribution in [0.15, 0.2) is 48.6 Å². The topological polar surface area (TPSA) is 128 Å². The molecule has 3 heterocycles. The highest BCUT2D eigenvalue weighted by molar-refractivity contribution is 6.32. The summed E-state index contributed by atoms with van der Waals surface area (Å²) in [5, 5.41) is 8.56. The second-order valence-electron chi connectivity index (χ2n) is 9.60. The van der Waals surface area contributed by atoms with Crippen molar-refractivity contribution in [2.45, 2.75) is 37.8 Å². The molecule has 10 nitrogen and oxygen atoms in total. The summed E-state index contributed by atoms with van der Waals surface area (Å²) in [7, 11) is 1.25. The van der Waals surface area contributed by atoms with E-state index >= 15 is 0 Å². The fourth-order valence-corrected chi connectivity index (χ4v) is 5.38. The van der Waals surface area contributed by atoms with Crippen molar-refractivity contribution in [1.29, 1.82) is 0 Å². The van der Waals surface area contributed by atoms with Crippen LogP contribution in [0.2, 0.25) is 10.2 Å². The molecule has 2 atom stereocenters. The van der Waals surface area contributed by atoms with E-state index in [1.165, 1.54) is 13.2 Å². The maximum absolute atomic E-state index is 14.7. The molecule has 3 aromatic rings. The molecule has 0 aliphatic carbocycles. The monoisotopic (exact) mass is 600 g/mol. The maximum atomic E-state index is 14.7. The van der Waals surface area contributed by atoms with Gasteiger partial charge in [0.05, 0.1) is 29.9 Å². The number of allylic oxidation sites excluding steroid dienone is 1. The Morgan fingerprint density at radius 1 is 1.20 bits per heavy atom. The van der Waals surface area contributed by atoms with Gasteiger partial charge in [-0.25, -0.2) is 19.0 Å². The Morgan fingerprint density at radius 3 is 2.80 bits per heavy atom. The first-order valence-electron chi connectivity index (χ1n) is 13.0. The number of fused-ring (bicyclic) bond motifs is 4. The minimum Gasteiger partial charge on any atom is -0.453 e. The fraction of sp³-hybridized carbons (Fsp3) is 0.286. The summed E-state index contributed by atoms with van der Waals surface area (Å²) in [6.45, 7) is 0.327. The van der Waals surface area contributed by atoms with Crippen LogP contribution in [0, 0.1) is 5.82 Å². The number of nitrogens with one attached hydrogen (secondary N) is 4. The second-order valence-corrected chi connectivity index (χ2v) is 10.4. The number of hydrogen-bond donors (Lipinski definition) is 4. The highest BCUT2D eigenvalue weighted by Gasteiger charge is 2.34. The van der Waals surface area contributed by atoms with E-state index in [4.69, 9.17) is 28.2 Å². The number of carbonyl (C=O) groups excluding carboxylic acids is 3. The van der Waals surface area contributed by atoms with Gasteiger partial charge in [-0.2, -0.15) is 0 Å². The number of amides is 4. The van der Waals surface area contributed by atoms with E-state index in [9.17, 15) is 18.8 Å². The van der Waals surface area contributed by atoms with Crippen molar-refractivity contribution >= 4 is 52.6 Å². The number of halogens is 3. The van der Waals surface area contributed by atoms with Crippen molar-refractivity contribution in [2.75, 3.05) is 24.3 Å². The van der Waals surface area contributed by atoms with Crippen molar-refractivity contribution in [1.82, 2.24) is 20.2 Å². The summed E-state index contributed by atoms with van der Waals surface area (Å²) >= 11 is 12.6. The Kier molecular flexibility index (Phi) is 8.46. The molecule has 1 saturated heterocycles. The Morgan fingerprint density at radius 2 is 2.02 bits per heavy atom. The zero-order chi connectivity index (χ0) is 29.1. The Labute approximate surface area is 245 Å². The van der Waals surface area contributed by atoms with Crippen LogP contribution < -0.4 is 16.0 Å². The van der Waals surface area contributed by atoms with Gasteiger partial charge in [-0.05, 0) is 43.5 Å². The molecule has 1 fully saturated rings. The molecule has 4 amide bonds. The van der Waals surface area contributed by atoms with Crippen molar-refractivity contribution in [3.63, 3.8) is 0 Å². The number of anilines is 2. The first-order chi connectivity index (χ1) is 19.7. The number of imidazole rings is 1. The van der Waals surface area contributed by atoms with Crippen LogP contribution >= 0.6 is 23.2 Å². The van der Waals surface area contributed by atoms with Gasteiger partial charge in [-0.1, -0.05) is 47.5 Å². The summed E-state index contributed by atoms with van der Waals surface area (Å²) in [6, 6.07) is 8.20. The third-order valence-electron chi connectivity index (χ3n) is 6.99. The predicted molar refractivity (Wildman–Crippen MR) is 153 cm³/mol. The molecular formula is C28H27Cl2FN6O4. The van der Waals surface area contributed by atoms with Gasteiger partial charge in [-0.15, -0.1) is 0 Å². The van der Waals surface area contributed by atoms with Crippen LogP contribution in [-0.2, 0) is 9.53 Å². The lowest BCUT2D eigenvalue weighted by molar-refractivity contribution is -0.116. The normalized spacial score (nSPS) is 20.0. The third kappa shape index (κ3) is 6.15. The maximum Gasteiger partial charge on any atom is 0.411 e. The number of methoxy groups -OCH3 is 1. The molecule has 4 N–H and O–H groups in total. The van der Waals surface area contributed by atoms with Crippen molar-refractivity contribution < 1.29 is 23.5 Å². The molecule has 1 aromatic heterocycles. The van der Waals surface area contributed by atoms with Gasteiger partial charge in [0.1, 0.15) is 22.5 Å². The third-order valence-corrected chi connectivity index (χ3v) is 7.55. The molecular weight excluding hydrogens is 574 g/mol. The number of aromatic amines is 1. The van der Waals surface area contributed by atoms with Gasteiger partial charge in [0.25, 0.3) is 0 Å². The van der Waals surface area contributed by atoms with Crippen LogP contribution in [-0.4, -0.2) is 46.6 Å². The van der Waals surface area contributed by atoms with Crippen molar-refractivity contribution in [3.05, 3.63) is 75.9 Å². The average molecular weight is 601 g/mol. The number of rotatable bonds is 3. The average Bonchev–Trinajstić information content (AvgIpc) is 3.33. The SMILES string of the molecule is COC(=O)Nc1ccc2c(c1)NC(=O)CC/C=C/CC(N1CC[C@H](c3cccc(Cl)c3F)NC1=O)c1nc-2c(Cl)[nH]1. The number of carbonyl (C=O) groups is 3. The van der Waals surface area contributed by atoms with Crippen LogP contribution in [0.3, 0.4) is 0 Å². The van der Waals surface area contributed by atoms with E-state index < -0.39 is 24.0 Å². The van der Waals surface area contributed by atoms with Gasteiger partial charge >= 0.3 is 12.1 Å². The predicted octanol–water partition coefficient (Wildman–Crippen LogP) is 6.58. The van der Waals surface area contributed by atoms with Gasteiger partial charge in [-0.3, -0.25) is 10.1 Å². The van der Waals surface area contributed by atoms with E-state index in [-0.39, 0.29) is 28.5 Å². The van der Waals surface area contributed by atoms with Crippen LogP contribution in [0.1, 0.15) is 49.2 Å². The van der Waals surface area contributed by atoms with Crippen molar-refractivity contribution in [3.8, 4) is 11.3 Å². The van der Waals surface area contributed by atoms with E-state index in [1.54, 1.807) is 35.2 Å². The number of benzene rings is 2. The highest BCUT2D eigenvalue weighted by Crippen LogP contribution is 2.38. The standard InChI is InChI=1S/C28H27Cl2FN6O4/c1-41-28(40)32-15-10-11-17-20(14-15)33-22(38)9-4-2-3-8-21(26-35-24(17)25(30)36-26)37-13-12-19(34-27(37)39)16-6-5-7-18(29)23(16)31/h2-3,5-7,10-11,14,19,21H,4,8-9,12-13H2,1H3,(H,32,40)(H,33,38)(H,34,39)(H,35,36)/b3-2+/t19-,21?/m1/s1. The largest absolute Gasteiger partial charge is 0.453 e.